The van der Waals surface area contributed by atoms with Crippen molar-refractivity contribution in [1.29, 1.82) is 0 Å². The zero-order chi connectivity index (χ0) is 9.97. The number of thiophene rings is 1. The molecular formula is C11H16ClNS. The van der Waals surface area contributed by atoms with Crippen molar-refractivity contribution < 1.29 is 0 Å². The summed E-state index contributed by atoms with van der Waals surface area (Å²) < 4.78 is 0.886. The van der Waals surface area contributed by atoms with Gasteiger partial charge in [0.1, 0.15) is 0 Å². The van der Waals surface area contributed by atoms with Gasteiger partial charge in [-0.1, -0.05) is 18.5 Å². The third-order valence-corrected chi connectivity index (χ3v) is 4.05. The minimum absolute atomic E-state index is 0.838. The van der Waals surface area contributed by atoms with Crippen molar-refractivity contribution >= 4 is 22.9 Å². The molecule has 78 valence electrons. The van der Waals surface area contributed by atoms with Crippen molar-refractivity contribution in [2.75, 3.05) is 6.54 Å². The summed E-state index contributed by atoms with van der Waals surface area (Å²) >= 11 is 7.52. The number of nitrogens with one attached hydrogen (secondary N) is 1. The number of rotatable bonds is 5. The maximum atomic E-state index is 5.85. The molecule has 1 aromatic rings. The van der Waals surface area contributed by atoms with Gasteiger partial charge in [0.25, 0.3) is 0 Å². The van der Waals surface area contributed by atoms with Gasteiger partial charge >= 0.3 is 0 Å². The molecule has 3 heteroatoms. The average molecular weight is 230 g/mol. The van der Waals surface area contributed by atoms with Crippen molar-refractivity contribution in [1.82, 2.24) is 5.32 Å². The van der Waals surface area contributed by atoms with E-state index in [0.717, 1.165) is 29.3 Å². The van der Waals surface area contributed by atoms with E-state index < -0.39 is 0 Å². The van der Waals surface area contributed by atoms with Crippen LogP contribution in [-0.4, -0.2) is 6.54 Å². The zero-order valence-corrected chi connectivity index (χ0v) is 10.00. The molecule has 0 spiro atoms. The van der Waals surface area contributed by atoms with E-state index in [9.17, 15) is 0 Å². The second kappa shape index (κ2) is 4.65. The molecule has 1 unspecified atom stereocenters. The van der Waals surface area contributed by atoms with Crippen LogP contribution >= 0.6 is 22.9 Å². The van der Waals surface area contributed by atoms with E-state index >= 15 is 0 Å². The Bertz CT molecular complexity index is 293. The molecule has 1 fully saturated rings. The van der Waals surface area contributed by atoms with E-state index in [0.29, 0.717) is 0 Å². The fourth-order valence-corrected chi connectivity index (χ4v) is 2.76. The monoisotopic (exact) mass is 229 g/mol. The summed E-state index contributed by atoms with van der Waals surface area (Å²) in [6, 6.07) is 4.06. The molecule has 0 aliphatic heterocycles. The molecular weight excluding hydrogens is 214 g/mol. The maximum Gasteiger partial charge on any atom is 0.0931 e. The van der Waals surface area contributed by atoms with Gasteiger partial charge in [-0.3, -0.25) is 0 Å². The normalized spacial score (nSPS) is 18.4. The van der Waals surface area contributed by atoms with Gasteiger partial charge in [0.2, 0.25) is 0 Å². The lowest BCUT2D eigenvalue weighted by atomic mass is 10.1. The molecule has 0 saturated heterocycles. The summed E-state index contributed by atoms with van der Waals surface area (Å²) in [6.45, 7) is 4.45. The standard InChI is InChI=1S/C11H16ClNS/c1-8(9-2-3-9)6-13-7-10-4-5-11(12)14-10/h4-5,8-9,13H,2-3,6-7H2,1H3. The van der Waals surface area contributed by atoms with Crippen LogP contribution in [0.15, 0.2) is 12.1 Å². The predicted molar refractivity (Wildman–Crippen MR) is 62.9 cm³/mol. The first-order valence-corrected chi connectivity index (χ1v) is 6.40. The Hall–Kier alpha value is -0.0500. The van der Waals surface area contributed by atoms with Gasteiger partial charge in [-0.2, -0.15) is 0 Å². The van der Waals surface area contributed by atoms with E-state index in [1.165, 1.54) is 17.7 Å². The van der Waals surface area contributed by atoms with Gasteiger partial charge in [-0.15, -0.1) is 11.3 Å². The van der Waals surface area contributed by atoms with Crippen LogP contribution in [0.5, 0.6) is 0 Å². The molecule has 1 N–H and O–H groups in total. The topological polar surface area (TPSA) is 12.0 Å². The molecule has 14 heavy (non-hydrogen) atoms. The van der Waals surface area contributed by atoms with E-state index in [1.54, 1.807) is 11.3 Å². The molecule has 1 saturated carbocycles. The molecule has 1 atom stereocenters. The molecule has 0 amide bonds. The maximum absolute atomic E-state index is 5.85. The Morgan fingerprint density at radius 3 is 2.93 bits per heavy atom. The van der Waals surface area contributed by atoms with Crippen LogP contribution in [0.25, 0.3) is 0 Å². The molecule has 1 aliphatic rings. The molecule has 2 rings (SSSR count). The van der Waals surface area contributed by atoms with Crippen LogP contribution in [0.3, 0.4) is 0 Å². The number of halogens is 1. The molecule has 1 aromatic heterocycles. The SMILES string of the molecule is CC(CNCc1ccc(Cl)s1)C1CC1. The molecule has 0 bridgehead atoms. The Morgan fingerprint density at radius 1 is 1.57 bits per heavy atom. The Kier molecular flexibility index (Phi) is 3.47. The first kappa shape index (κ1) is 10.5. The van der Waals surface area contributed by atoms with Crippen LogP contribution in [0.1, 0.15) is 24.6 Å². The average Bonchev–Trinajstić information content (AvgIpc) is 2.92. The summed E-state index contributed by atoms with van der Waals surface area (Å²) in [5, 5.41) is 3.49. The lowest BCUT2D eigenvalue weighted by Crippen LogP contribution is -2.21. The predicted octanol–water partition coefficient (Wildman–Crippen LogP) is 3.54. The van der Waals surface area contributed by atoms with Gasteiger partial charge in [0.15, 0.2) is 0 Å². The minimum Gasteiger partial charge on any atom is -0.312 e. The van der Waals surface area contributed by atoms with Gasteiger partial charge in [-0.25, -0.2) is 0 Å². The Labute approximate surface area is 94.5 Å². The van der Waals surface area contributed by atoms with Crippen LogP contribution < -0.4 is 5.32 Å². The van der Waals surface area contributed by atoms with Crippen LogP contribution in [0, 0.1) is 11.8 Å². The smallest absolute Gasteiger partial charge is 0.0931 e. The van der Waals surface area contributed by atoms with Gasteiger partial charge < -0.3 is 5.32 Å². The van der Waals surface area contributed by atoms with Crippen LogP contribution in [0.2, 0.25) is 4.34 Å². The van der Waals surface area contributed by atoms with Gasteiger partial charge in [-0.05, 0) is 43.4 Å². The third-order valence-electron chi connectivity index (χ3n) is 2.82. The Morgan fingerprint density at radius 2 is 2.36 bits per heavy atom. The molecule has 1 heterocycles. The third kappa shape index (κ3) is 2.97. The highest BCUT2D eigenvalue weighted by Crippen LogP contribution is 2.36. The van der Waals surface area contributed by atoms with E-state index in [4.69, 9.17) is 11.6 Å². The number of hydrogen-bond donors (Lipinski definition) is 1. The lowest BCUT2D eigenvalue weighted by molar-refractivity contribution is 0.463. The fraction of sp³-hybridized carbons (Fsp3) is 0.636. The first-order valence-electron chi connectivity index (χ1n) is 5.20. The van der Waals surface area contributed by atoms with Crippen molar-refractivity contribution in [3.8, 4) is 0 Å². The molecule has 0 radical (unpaired) electrons. The molecule has 1 aliphatic carbocycles. The van der Waals surface area contributed by atoms with Crippen molar-refractivity contribution in [2.24, 2.45) is 11.8 Å². The van der Waals surface area contributed by atoms with Gasteiger partial charge in [0.05, 0.1) is 4.34 Å². The largest absolute Gasteiger partial charge is 0.312 e. The first-order chi connectivity index (χ1) is 6.75. The second-order valence-corrected chi connectivity index (χ2v) is 5.95. The summed E-state index contributed by atoms with van der Waals surface area (Å²) in [7, 11) is 0. The quantitative estimate of drug-likeness (QED) is 0.815. The minimum atomic E-state index is 0.838. The highest BCUT2D eigenvalue weighted by atomic mass is 35.5. The highest BCUT2D eigenvalue weighted by Gasteiger charge is 2.27. The van der Waals surface area contributed by atoms with Crippen molar-refractivity contribution in [2.45, 2.75) is 26.3 Å². The molecule has 1 nitrogen and oxygen atoms in total. The lowest BCUT2D eigenvalue weighted by Gasteiger charge is -2.10. The van der Waals surface area contributed by atoms with Gasteiger partial charge in [0, 0.05) is 11.4 Å². The summed E-state index contributed by atoms with van der Waals surface area (Å²) in [5.41, 5.74) is 0. The highest BCUT2D eigenvalue weighted by molar-refractivity contribution is 7.16. The van der Waals surface area contributed by atoms with Crippen LogP contribution in [0.4, 0.5) is 0 Å². The van der Waals surface area contributed by atoms with E-state index in [1.807, 2.05) is 6.07 Å². The van der Waals surface area contributed by atoms with E-state index in [2.05, 4.69) is 18.3 Å². The summed E-state index contributed by atoms with van der Waals surface area (Å²) in [4.78, 5) is 1.33. The van der Waals surface area contributed by atoms with Crippen molar-refractivity contribution in [3.05, 3.63) is 21.3 Å². The van der Waals surface area contributed by atoms with Crippen LogP contribution in [-0.2, 0) is 6.54 Å². The number of hydrogen-bond acceptors (Lipinski definition) is 2. The summed E-state index contributed by atoms with van der Waals surface area (Å²) in [5.74, 6) is 1.83. The zero-order valence-electron chi connectivity index (χ0n) is 8.42. The summed E-state index contributed by atoms with van der Waals surface area (Å²) in [6.07, 6.45) is 2.88. The van der Waals surface area contributed by atoms with E-state index in [-0.39, 0.29) is 0 Å². The fourth-order valence-electron chi connectivity index (χ4n) is 1.70. The van der Waals surface area contributed by atoms with Crippen molar-refractivity contribution in [3.63, 3.8) is 0 Å². The molecule has 0 aromatic carbocycles. The Balaban J connectivity index is 1.67. The second-order valence-electron chi connectivity index (χ2n) is 4.15.